The van der Waals surface area contributed by atoms with Crippen LogP contribution in [0.15, 0.2) is 48.8 Å². The van der Waals surface area contributed by atoms with Crippen molar-refractivity contribution in [2.45, 2.75) is 38.8 Å². The third-order valence-corrected chi connectivity index (χ3v) is 4.91. The van der Waals surface area contributed by atoms with Crippen LogP contribution in [0, 0.1) is 18.8 Å². The SMILES string of the molecule is Cc1cc(C#CCNc2ccccc2)cnc1-c1cn(C[C@H]2CCCCO2)nn1. The number of nitrogens with one attached hydrogen (secondary N) is 1. The lowest BCUT2D eigenvalue weighted by atomic mass is 10.1. The van der Waals surface area contributed by atoms with Crippen molar-refractivity contribution in [1.29, 1.82) is 0 Å². The van der Waals surface area contributed by atoms with Crippen LogP contribution in [0.1, 0.15) is 30.4 Å². The molecule has 0 amide bonds. The van der Waals surface area contributed by atoms with Gasteiger partial charge in [-0.25, -0.2) is 4.68 Å². The van der Waals surface area contributed by atoms with Gasteiger partial charge in [-0.1, -0.05) is 35.3 Å². The van der Waals surface area contributed by atoms with Crippen molar-refractivity contribution in [2.24, 2.45) is 0 Å². The van der Waals surface area contributed by atoms with E-state index in [0.717, 1.165) is 54.2 Å². The van der Waals surface area contributed by atoms with Crippen molar-refractivity contribution in [1.82, 2.24) is 20.0 Å². The highest BCUT2D eigenvalue weighted by atomic mass is 16.5. The van der Waals surface area contributed by atoms with Gasteiger partial charge >= 0.3 is 0 Å². The molecule has 0 radical (unpaired) electrons. The first-order valence-electron chi connectivity index (χ1n) is 10.0. The molecule has 4 rings (SSSR count). The Morgan fingerprint density at radius 3 is 2.93 bits per heavy atom. The summed E-state index contributed by atoms with van der Waals surface area (Å²) < 4.78 is 7.64. The molecule has 0 bridgehead atoms. The predicted molar refractivity (Wildman–Crippen MR) is 113 cm³/mol. The molecular weight excluding hydrogens is 362 g/mol. The highest BCUT2D eigenvalue weighted by Gasteiger charge is 2.16. The maximum Gasteiger partial charge on any atom is 0.131 e. The Morgan fingerprint density at radius 2 is 2.14 bits per heavy atom. The van der Waals surface area contributed by atoms with E-state index < -0.39 is 0 Å². The van der Waals surface area contributed by atoms with Crippen molar-refractivity contribution in [3.8, 4) is 23.2 Å². The third-order valence-electron chi connectivity index (χ3n) is 4.91. The molecule has 0 spiro atoms. The summed E-state index contributed by atoms with van der Waals surface area (Å²) in [6.45, 7) is 4.20. The van der Waals surface area contributed by atoms with Gasteiger partial charge in [0.1, 0.15) is 5.69 Å². The molecule has 6 nitrogen and oxygen atoms in total. The van der Waals surface area contributed by atoms with Gasteiger partial charge < -0.3 is 10.1 Å². The van der Waals surface area contributed by atoms with Gasteiger partial charge in [0.05, 0.1) is 31.1 Å². The average Bonchev–Trinajstić information content (AvgIpc) is 3.21. The van der Waals surface area contributed by atoms with Gasteiger partial charge in [-0.3, -0.25) is 4.98 Å². The zero-order chi connectivity index (χ0) is 19.9. The molecule has 148 valence electrons. The number of hydrogen-bond donors (Lipinski definition) is 1. The molecule has 1 N–H and O–H groups in total. The van der Waals surface area contributed by atoms with Crippen molar-refractivity contribution < 1.29 is 4.74 Å². The fourth-order valence-corrected chi connectivity index (χ4v) is 3.42. The van der Waals surface area contributed by atoms with E-state index in [2.05, 4.69) is 32.5 Å². The van der Waals surface area contributed by atoms with Gasteiger partial charge in [0.15, 0.2) is 0 Å². The molecule has 1 saturated heterocycles. The van der Waals surface area contributed by atoms with Crippen LogP contribution in [-0.2, 0) is 11.3 Å². The molecule has 1 aromatic carbocycles. The number of para-hydroxylation sites is 1. The topological polar surface area (TPSA) is 64.9 Å². The van der Waals surface area contributed by atoms with Crippen LogP contribution in [0.25, 0.3) is 11.4 Å². The summed E-state index contributed by atoms with van der Waals surface area (Å²) in [5.41, 5.74) is 4.61. The van der Waals surface area contributed by atoms with E-state index in [0.29, 0.717) is 6.54 Å². The summed E-state index contributed by atoms with van der Waals surface area (Å²) in [7, 11) is 0. The number of ether oxygens (including phenoxy) is 1. The Labute approximate surface area is 171 Å². The number of aromatic nitrogens is 4. The van der Waals surface area contributed by atoms with Gasteiger partial charge in [0, 0.05) is 24.1 Å². The highest BCUT2D eigenvalue weighted by Crippen LogP contribution is 2.20. The van der Waals surface area contributed by atoms with Crippen LogP contribution < -0.4 is 5.32 Å². The number of anilines is 1. The van der Waals surface area contributed by atoms with Gasteiger partial charge in [-0.05, 0) is 49.9 Å². The first-order chi connectivity index (χ1) is 14.3. The zero-order valence-electron chi connectivity index (χ0n) is 16.6. The monoisotopic (exact) mass is 387 g/mol. The molecule has 0 unspecified atom stereocenters. The van der Waals surface area contributed by atoms with E-state index in [-0.39, 0.29) is 6.10 Å². The van der Waals surface area contributed by atoms with Crippen molar-refractivity contribution in [3.63, 3.8) is 0 Å². The fraction of sp³-hybridized carbons (Fsp3) is 0.348. The minimum Gasteiger partial charge on any atom is -0.376 e. The quantitative estimate of drug-likeness (QED) is 0.677. The lowest BCUT2D eigenvalue weighted by Gasteiger charge is -2.21. The van der Waals surface area contributed by atoms with E-state index in [1.165, 1.54) is 6.42 Å². The van der Waals surface area contributed by atoms with E-state index in [1.807, 2.05) is 54.2 Å². The largest absolute Gasteiger partial charge is 0.376 e. The number of rotatable bonds is 5. The first-order valence-corrected chi connectivity index (χ1v) is 10.0. The molecule has 0 aliphatic carbocycles. The van der Waals surface area contributed by atoms with Crippen molar-refractivity contribution in [3.05, 3.63) is 59.9 Å². The molecule has 1 fully saturated rings. The standard InChI is InChI=1S/C23H25N5O/c1-18-14-19(8-7-12-24-20-9-3-2-4-10-20)15-25-23(18)22-17-28(27-26-22)16-21-11-5-6-13-29-21/h2-4,9-10,14-15,17,21,24H,5-6,11-13,16H2,1H3/t21-/m1/s1. The van der Waals surface area contributed by atoms with E-state index in [9.17, 15) is 0 Å². The predicted octanol–water partition coefficient (Wildman–Crippen LogP) is 3.68. The Morgan fingerprint density at radius 1 is 1.24 bits per heavy atom. The Hall–Kier alpha value is -3.17. The first kappa shape index (κ1) is 19.2. The molecule has 0 saturated carbocycles. The summed E-state index contributed by atoms with van der Waals surface area (Å²) in [5.74, 6) is 6.30. The third kappa shape index (κ3) is 5.21. The number of aryl methyl sites for hydroxylation is 1. The molecule has 3 heterocycles. The molecule has 6 heteroatoms. The zero-order valence-corrected chi connectivity index (χ0v) is 16.6. The van der Waals surface area contributed by atoms with E-state index in [4.69, 9.17) is 4.74 Å². The van der Waals surface area contributed by atoms with Gasteiger partial charge in [0.2, 0.25) is 0 Å². The van der Waals surface area contributed by atoms with Crippen LogP contribution in [0.5, 0.6) is 0 Å². The normalized spacial score (nSPS) is 16.1. The number of benzene rings is 1. The minimum absolute atomic E-state index is 0.231. The molecule has 1 atom stereocenters. The van der Waals surface area contributed by atoms with Crippen LogP contribution in [0.2, 0.25) is 0 Å². The molecule has 1 aliphatic rings. The summed E-state index contributed by atoms with van der Waals surface area (Å²) in [6.07, 6.45) is 7.42. The smallest absolute Gasteiger partial charge is 0.131 e. The van der Waals surface area contributed by atoms with Gasteiger partial charge in [-0.15, -0.1) is 5.10 Å². The second-order valence-corrected chi connectivity index (χ2v) is 7.23. The Balaban J connectivity index is 1.38. The average molecular weight is 387 g/mol. The molecular formula is C23H25N5O. The van der Waals surface area contributed by atoms with Crippen LogP contribution in [0.4, 0.5) is 5.69 Å². The maximum absolute atomic E-state index is 5.79. The molecule has 3 aromatic rings. The van der Waals surface area contributed by atoms with Gasteiger partial charge in [0.25, 0.3) is 0 Å². The lowest BCUT2D eigenvalue weighted by Crippen LogP contribution is -2.24. The van der Waals surface area contributed by atoms with Crippen molar-refractivity contribution in [2.75, 3.05) is 18.5 Å². The summed E-state index contributed by atoms with van der Waals surface area (Å²) in [6, 6.07) is 12.1. The highest BCUT2D eigenvalue weighted by molar-refractivity contribution is 5.58. The van der Waals surface area contributed by atoms with Gasteiger partial charge in [-0.2, -0.15) is 0 Å². The summed E-state index contributed by atoms with van der Waals surface area (Å²) >= 11 is 0. The molecule has 29 heavy (non-hydrogen) atoms. The summed E-state index contributed by atoms with van der Waals surface area (Å²) in [4.78, 5) is 4.58. The maximum atomic E-state index is 5.79. The van der Waals surface area contributed by atoms with E-state index in [1.54, 1.807) is 6.20 Å². The second kappa shape index (κ2) is 9.35. The van der Waals surface area contributed by atoms with Crippen LogP contribution in [0.3, 0.4) is 0 Å². The number of nitrogens with zero attached hydrogens (tertiary/aromatic N) is 4. The Kier molecular flexibility index (Phi) is 6.18. The lowest BCUT2D eigenvalue weighted by molar-refractivity contribution is 0.00370. The van der Waals surface area contributed by atoms with Crippen molar-refractivity contribution >= 4 is 5.69 Å². The number of pyridine rings is 1. The van der Waals surface area contributed by atoms with E-state index >= 15 is 0 Å². The molecule has 1 aliphatic heterocycles. The minimum atomic E-state index is 0.231. The second-order valence-electron chi connectivity index (χ2n) is 7.23. The van der Waals surface area contributed by atoms with Crippen LogP contribution >= 0.6 is 0 Å². The van der Waals surface area contributed by atoms with Crippen LogP contribution in [-0.4, -0.2) is 39.2 Å². The Bertz CT molecular complexity index is 997. The number of hydrogen-bond acceptors (Lipinski definition) is 5. The molecule has 2 aromatic heterocycles. The summed E-state index contributed by atoms with van der Waals surface area (Å²) in [5, 5.41) is 11.8. The fourth-order valence-electron chi connectivity index (χ4n) is 3.42.